The first-order valence-corrected chi connectivity index (χ1v) is 51.9. The Hall–Kier alpha value is -16.9. The van der Waals surface area contributed by atoms with Crippen LogP contribution in [0.5, 0.6) is 0 Å². The predicted molar refractivity (Wildman–Crippen MR) is 581 cm³/mol. The van der Waals surface area contributed by atoms with Gasteiger partial charge in [0.15, 0.2) is 21.4 Å². The highest BCUT2D eigenvalue weighted by molar-refractivity contribution is 7.87. The van der Waals surface area contributed by atoms with Gasteiger partial charge in [-0.25, -0.2) is 0 Å². The van der Waals surface area contributed by atoms with Crippen molar-refractivity contribution in [2.45, 2.75) is 0 Å². The zero-order valence-electron chi connectivity index (χ0n) is 74.8. The van der Waals surface area contributed by atoms with Crippen molar-refractivity contribution in [1.29, 1.82) is 0 Å². The van der Waals surface area contributed by atoms with Gasteiger partial charge in [0.05, 0.1) is 44.1 Å². The van der Waals surface area contributed by atoms with Crippen molar-refractivity contribution in [2.24, 2.45) is 0 Å². The second-order valence-electron chi connectivity index (χ2n) is 35.5. The molecular weight excluding hydrogens is 1740 g/mol. The average Bonchev–Trinajstić information content (AvgIpc) is 1.55. The SMILES string of the molecule is O=P1(c2ccccc2)c2cc(-n3c4ccccc4c4ccccc43)ccc2-c2ccc(-n3c4ccccc4c4ccccc43)cc21.O=P1(c2ccccc2)c2cc(N(c3ccccc3)c3ccccc3)ccc2-c2ccc(N(c3ccccc3)c3ccccc3)cc21.O=P1(c2ccccc2)c2ccc(-n3c4ccccc4c4ccccc43)cc2-c2cc(-n3c4ccccc4c4ccccc43)ccc21. The highest BCUT2D eigenvalue weighted by atomic mass is 31.2. The Morgan fingerprint density at radius 2 is 0.333 bits per heavy atom. The van der Waals surface area contributed by atoms with E-state index in [0.29, 0.717) is 0 Å². The molecule has 0 unspecified atom stereocenters. The molecule has 25 aromatic rings. The van der Waals surface area contributed by atoms with Crippen molar-refractivity contribution >= 4 is 191 Å². The summed E-state index contributed by atoms with van der Waals surface area (Å²) < 4.78 is 56.7. The summed E-state index contributed by atoms with van der Waals surface area (Å²) in [6.07, 6.45) is 0. The van der Waals surface area contributed by atoms with Crippen LogP contribution in [0.15, 0.2) is 516 Å². The van der Waals surface area contributed by atoms with Gasteiger partial charge >= 0.3 is 0 Å². The predicted octanol–water partition coefficient (Wildman–Crippen LogP) is 29.2. The number of aromatic nitrogens is 4. The van der Waals surface area contributed by atoms with Gasteiger partial charge in [0.25, 0.3) is 0 Å². The molecule has 0 fully saturated rings. The van der Waals surface area contributed by atoms with Crippen molar-refractivity contribution in [1.82, 2.24) is 18.3 Å². The maximum absolute atomic E-state index is 15.9. The fraction of sp³-hybridized carbons (Fsp3) is 0. The minimum atomic E-state index is -3.26. The van der Waals surface area contributed by atoms with Gasteiger partial charge in [-0.1, -0.05) is 334 Å². The average molecular weight is 1820 g/mol. The first kappa shape index (κ1) is 81.8. The van der Waals surface area contributed by atoms with Gasteiger partial charge < -0.3 is 41.8 Å². The minimum absolute atomic E-state index is 0.834. The van der Waals surface area contributed by atoms with Gasteiger partial charge in [0.1, 0.15) is 0 Å². The van der Waals surface area contributed by atoms with E-state index in [1.54, 1.807) is 0 Å². The molecule has 0 spiro atoms. The number of para-hydroxylation sites is 12. The van der Waals surface area contributed by atoms with Gasteiger partial charge in [0, 0.05) is 148 Å². The molecule has 0 saturated carbocycles. The Bertz CT molecular complexity index is 8580. The summed E-state index contributed by atoms with van der Waals surface area (Å²) in [5.74, 6) is 0. The minimum Gasteiger partial charge on any atom is -0.310 e. The van der Waals surface area contributed by atoms with Crippen LogP contribution in [-0.2, 0) is 13.7 Å². The molecule has 0 bridgehead atoms. The molecule has 28 rings (SSSR count). The third kappa shape index (κ3) is 12.9. The number of anilines is 6. The third-order valence-corrected chi connectivity index (χ3v) is 37.5. The van der Waals surface area contributed by atoms with Crippen molar-refractivity contribution in [3.63, 3.8) is 0 Å². The quantitative estimate of drug-likeness (QED) is 0.108. The molecule has 21 aromatic carbocycles. The molecule has 12 heteroatoms. The van der Waals surface area contributed by atoms with Gasteiger partial charge in [-0.15, -0.1) is 0 Å². The second-order valence-corrected chi connectivity index (χ2v) is 43.6. The van der Waals surface area contributed by atoms with E-state index in [-0.39, 0.29) is 0 Å². The molecule has 7 heterocycles. The molecule has 9 nitrogen and oxygen atoms in total. The van der Waals surface area contributed by atoms with E-state index in [4.69, 9.17) is 0 Å². The first-order valence-electron chi connectivity index (χ1n) is 46.8. The fourth-order valence-corrected chi connectivity index (χ4v) is 31.3. The summed E-state index contributed by atoms with van der Waals surface area (Å²) in [5.41, 5.74) is 25.7. The van der Waals surface area contributed by atoms with Crippen LogP contribution in [0.1, 0.15) is 0 Å². The zero-order valence-corrected chi connectivity index (χ0v) is 77.5. The molecule has 652 valence electrons. The van der Waals surface area contributed by atoms with Gasteiger partial charge in [-0.2, -0.15) is 0 Å². The van der Waals surface area contributed by atoms with E-state index in [9.17, 15) is 0 Å². The van der Waals surface area contributed by atoms with Crippen molar-refractivity contribution in [3.05, 3.63) is 516 Å². The van der Waals surface area contributed by atoms with E-state index in [1.807, 2.05) is 115 Å². The van der Waals surface area contributed by atoms with Crippen LogP contribution < -0.4 is 57.5 Å². The molecule has 0 atom stereocenters. The Morgan fingerprint density at radius 1 is 0.145 bits per heavy atom. The lowest BCUT2D eigenvalue weighted by atomic mass is 10.0. The number of hydrogen-bond acceptors (Lipinski definition) is 5. The summed E-state index contributed by atoms with van der Waals surface area (Å²) in [5, 5.41) is 17.6. The largest absolute Gasteiger partial charge is 0.310 e. The summed E-state index contributed by atoms with van der Waals surface area (Å²) in [6.45, 7) is 0. The lowest BCUT2D eigenvalue weighted by molar-refractivity contribution is 0.592. The summed E-state index contributed by atoms with van der Waals surface area (Å²) in [4.78, 5) is 4.47. The van der Waals surface area contributed by atoms with Crippen LogP contribution in [0, 0.1) is 0 Å². The van der Waals surface area contributed by atoms with E-state index in [2.05, 4.69) is 428 Å². The van der Waals surface area contributed by atoms with E-state index >= 15 is 13.7 Å². The van der Waals surface area contributed by atoms with Crippen LogP contribution in [0.3, 0.4) is 0 Å². The van der Waals surface area contributed by atoms with Crippen LogP contribution in [-0.4, -0.2) is 18.3 Å². The molecule has 138 heavy (non-hydrogen) atoms. The van der Waals surface area contributed by atoms with Crippen LogP contribution in [0.2, 0.25) is 0 Å². The Kier molecular flexibility index (Phi) is 19.6. The molecule has 0 radical (unpaired) electrons. The molecule has 3 aliphatic heterocycles. The lowest BCUT2D eigenvalue weighted by Gasteiger charge is -2.27. The van der Waals surface area contributed by atoms with Crippen LogP contribution in [0.4, 0.5) is 34.1 Å². The van der Waals surface area contributed by atoms with Gasteiger partial charge in [-0.05, 0) is 215 Å². The van der Waals surface area contributed by atoms with Crippen molar-refractivity contribution in [3.8, 4) is 56.1 Å². The maximum Gasteiger partial charge on any atom is 0.172 e. The normalized spacial score (nSPS) is 13.2. The zero-order chi connectivity index (χ0) is 91.7. The Morgan fingerprint density at radius 3 is 0.580 bits per heavy atom. The number of nitrogens with zero attached hydrogens (tertiary/aromatic N) is 6. The smallest absolute Gasteiger partial charge is 0.172 e. The van der Waals surface area contributed by atoms with Crippen LogP contribution in [0.25, 0.3) is 143 Å². The summed E-state index contributed by atoms with van der Waals surface area (Å²) in [6, 6.07) is 179. The van der Waals surface area contributed by atoms with E-state index < -0.39 is 21.4 Å². The molecule has 0 aliphatic carbocycles. The molecule has 4 aromatic heterocycles. The number of rotatable bonds is 13. The van der Waals surface area contributed by atoms with Gasteiger partial charge in [0.2, 0.25) is 0 Å². The van der Waals surface area contributed by atoms with Crippen molar-refractivity contribution in [2.75, 3.05) is 9.80 Å². The monoisotopic (exact) mass is 1820 g/mol. The lowest BCUT2D eigenvalue weighted by Crippen LogP contribution is -2.22. The molecule has 3 aliphatic rings. The topological polar surface area (TPSA) is 77.4 Å². The van der Waals surface area contributed by atoms with Crippen LogP contribution >= 0.6 is 21.4 Å². The number of benzene rings is 21. The number of fused-ring (bicyclic) bond motifs is 21. The Balaban J connectivity index is 0.000000107. The highest BCUT2D eigenvalue weighted by Crippen LogP contribution is 2.58. The molecule has 0 amide bonds. The third-order valence-electron chi connectivity index (χ3n) is 28.1. The molecular formula is C126H85N6O3P3. The maximum atomic E-state index is 15.9. The van der Waals surface area contributed by atoms with E-state index in [1.165, 1.54) is 43.1 Å². The summed E-state index contributed by atoms with van der Waals surface area (Å²) >= 11 is 0. The second kappa shape index (κ2) is 33.0. The highest BCUT2D eigenvalue weighted by Gasteiger charge is 2.45. The van der Waals surface area contributed by atoms with Gasteiger partial charge in [-0.3, -0.25) is 0 Å². The van der Waals surface area contributed by atoms with E-state index in [0.717, 1.165) is 182 Å². The van der Waals surface area contributed by atoms with Crippen molar-refractivity contribution < 1.29 is 13.7 Å². The fourth-order valence-electron chi connectivity index (χ4n) is 22.0. The first-order chi connectivity index (χ1) is 68.1. The molecule has 0 saturated heterocycles. The Labute approximate surface area is 798 Å². The number of hydrogen-bond donors (Lipinski definition) is 0. The molecule has 0 N–H and O–H groups in total. The standard InChI is InChI=1S/2C42H27N2OP.C42H31N2OP/c45-46(30-12-2-1-3-13-30)41-24-22-28(43-37-18-8-4-14-31(37)32-15-5-9-19-38(32)43)26-35(41)36-27-29(23-25-42(36)46)44-39-20-10-6-16-33(39)34-17-7-11-21-40(34)44;45-46(30-12-2-1-3-13-30)41-26-28(43-37-18-8-4-14-31(37)32-15-5-9-19-38(32)43)22-24-35(41)36-25-23-29(27-42(36)46)44-39-20-10-6-16-33(39)34-17-7-11-21-40(34)44;45-46(38-24-14-5-15-25-38)41-30-36(43(32-16-6-1-7-17-32)33-18-8-2-9-19-33)26-28-39(41)40-29-27-37(31-42(40)46)44(34-20-10-3-11-21-34)35-22-12-4-13-23-35/h2*1-27H;1-31H. The summed E-state index contributed by atoms with van der Waals surface area (Å²) in [7, 11) is -9.59.